The second-order valence-corrected chi connectivity index (χ2v) is 5.01. The van der Waals surface area contributed by atoms with Crippen molar-refractivity contribution in [1.29, 1.82) is 0 Å². The molecule has 18 heavy (non-hydrogen) atoms. The Hall–Kier alpha value is -1.77. The normalized spacial score (nSPS) is 10.9. The predicted octanol–water partition coefficient (Wildman–Crippen LogP) is 3.46. The van der Waals surface area contributed by atoms with Crippen LogP contribution in [-0.2, 0) is 13.6 Å². The quantitative estimate of drug-likeness (QED) is 0.891. The molecule has 0 bridgehead atoms. The molecule has 0 radical (unpaired) electrons. The van der Waals surface area contributed by atoms with Gasteiger partial charge >= 0.3 is 0 Å². The van der Waals surface area contributed by atoms with Crippen LogP contribution in [0.3, 0.4) is 0 Å². The molecule has 0 spiro atoms. The minimum atomic E-state index is 0.562. The molecule has 0 saturated carbocycles. The second-order valence-electron chi connectivity index (χ2n) is 5.01. The minimum absolute atomic E-state index is 0.562. The summed E-state index contributed by atoms with van der Waals surface area (Å²) in [5, 5.41) is 7.71. The summed E-state index contributed by atoms with van der Waals surface area (Å²) in [5.74, 6) is 0.562. The lowest BCUT2D eigenvalue weighted by Crippen LogP contribution is -2.02. The smallest absolute Gasteiger partial charge is 0.0542 e. The summed E-state index contributed by atoms with van der Waals surface area (Å²) in [7, 11) is 1.97. The van der Waals surface area contributed by atoms with E-state index in [0.29, 0.717) is 5.92 Å². The summed E-state index contributed by atoms with van der Waals surface area (Å²) in [5.41, 5.74) is 4.99. The van der Waals surface area contributed by atoms with Crippen molar-refractivity contribution >= 4 is 5.69 Å². The molecule has 0 amide bonds. The van der Waals surface area contributed by atoms with Gasteiger partial charge in [-0.25, -0.2) is 0 Å². The molecule has 96 valence electrons. The van der Waals surface area contributed by atoms with E-state index in [1.807, 2.05) is 17.9 Å². The fourth-order valence-corrected chi connectivity index (χ4v) is 1.92. The number of aromatic nitrogens is 2. The zero-order valence-electron chi connectivity index (χ0n) is 11.6. The van der Waals surface area contributed by atoms with E-state index < -0.39 is 0 Å². The van der Waals surface area contributed by atoms with Crippen molar-refractivity contribution in [2.75, 3.05) is 5.32 Å². The molecule has 1 N–H and O–H groups in total. The van der Waals surface area contributed by atoms with Crippen molar-refractivity contribution in [2.45, 2.75) is 33.2 Å². The minimum Gasteiger partial charge on any atom is -0.381 e. The fraction of sp³-hybridized carbons (Fsp3) is 0.400. The SMILES string of the molecule is Cc1c(CNc2cccc(C(C)C)c2)cnn1C. The average Bonchev–Trinajstić information content (AvgIpc) is 2.68. The maximum atomic E-state index is 4.25. The molecule has 0 aliphatic rings. The van der Waals surface area contributed by atoms with Gasteiger partial charge in [0.2, 0.25) is 0 Å². The van der Waals surface area contributed by atoms with Gasteiger partial charge in [0, 0.05) is 30.5 Å². The number of rotatable bonds is 4. The number of hydrogen-bond donors (Lipinski definition) is 1. The van der Waals surface area contributed by atoms with Crippen LogP contribution in [0.5, 0.6) is 0 Å². The highest BCUT2D eigenvalue weighted by Gasteiger charge is 2.04. The molecule has 3 nitrogen and oxygen atoms in total. The Balaban J connectivity index is 2.06. The van der Waals surface area contributed by atoms with Gasteiger partial charge in [0.1, 0.15) is 0 Å². The van der Waals surface area contributed by atoms with E-state index in [-0.39, 0.29) is 0 Å². The van der Waals surface area contributed by atoms with Crippen LogP contribution in [0, 0.1) is 6.92 Å². The fourth-order valence-electron chi connectivity index (χ4n) is 1.92. The summed E-state index contributed by atoms with van der Waals surface area (Å²) in [6, 6.07) is 8.60. The van der Waals surface area contributed by atoms with Crippen LogP contribution < -0.4 is 5.32 Å². The first-order valence-electron chi connectivity index (χ1n) is 6.39. The number of aryl methyl sites for hydroxylation is 1. The zero-order chi connectivity index (χ0) is 13.1. The Bertz CT molecular complexity index is 526. The molecular weight excluding hydrogens is 222 g/mol. The highest BCUT2D eigenvalue weighted by Crippen LogP contribution is 2.19. The van der Waals surface area contributed by atoms with Gasteiger partial charge in [-0.05, 0) is 30.5 Å². The lowest BCUT2D eigenvalue weighted by molar-refractivity contribution is 0.738. The lowest BCUT2D eigenvalue weighted by atomic mass is 10.0. The standard InChI is InChI=1S/C15H21N3/c1-11(2)13-6-5-7-15(8-13)16-9-14-10-17-18(4)12(14)3/h5-8,10-11,16H,9H2,1-4H3. The summed E-state index contributed by atoms with van der Waals surface area (Å²) in [4.78, 5) is 0. The molecule has 0 atom stereocenters. The van der Waals surface area contributed by atoms with Gasteiger partial charge in [-0.2, -0.15) is 5.10 Å². The number of anilines is 1. The first-order chi connectivity index (χ1) is 8.58. The summed E-state index contributed by atoms with van der Waals surface area (Å²) in [6.45, 7) is 7.34. The van der Waals surface area contributed by atoms with Gasteiger partial charge < -0.3 is 5.32 Å². The second kappa shape index (κ2) is 5.25. The Morgan fingerprint density at radius 3 is 2.72 bits per heavy atom. The number of nitrogens with zero attached hydrogens (tertiary/aromatic N) is 2. The number of benzene rings is 1. The topological polar surface area (TPSA) is 29.9 Å². The maximum Gasteiger partial charge on any atom is 0.0542 e. The summed E-state index contributed by atoms with van der Waals surface area (Å²) < 4.78 is 1.90. The van der Waals surface area contributed by atoms with Crippen LogP contribution in [-0.4, -0.2) is 9.78 Å². The molecule has 0 aliphatic carbocycles. The highest BCUT2D eigenvalue weighted by molar-refractivity contribution is 5.47. The third-order valence-corrected chi connectivity index (χ3v) is 3.37. The molecule has 1 aromatic heterocycles. The van der Waals surface area contributed by atoms with Gasteiger partial charge in [0.15, 0.2) is 0 Å². The number of hydrogen-bond acceptors (Lipinski definition) is 2. The van der Waals surface area contributed by atoms with Crippen LogP contribution >= 0.6 is 0 Å². The van der Waals surface area contributed by atoms with Crippen LogP contribution in [0.2, 0.25) is 0 Å². The van der Waals surface area contributed by atoms with E-state index in [0.717, 1.165) is 6.54 Å². The van der Waals surface area contributed by atoms with E-state index in [2.05, 4.69) is 55.5 Å². The predicted molar refractivity (Wildman–Crippen MR) is 75.8 cm³/mol. The van der Waals surface area contributed by atoms with Gasteiger partial charge in [-0.1, -0.05) is 26.0 Å². The van der Waals surface area contributed by atoms with Crippen molar-refractivity contribution in [1.82, 2.24) is 9.78 Å². The van der Waals surface area contributed by atoms with Crippen LogP contribution in [0.4, 0.5) is 5.69 Å². The molecule has 2 aromatic rings. The van der Waals surface area contributed by atoms with Crippen molar-refractivity contribution in [3.05, 3.63) is 47.3 Å². The molecule has 1 heterocycles. The molecule has 0 saturated heterocycles. The van der Waals surface area contributed by atoms with Gasteiger partial charge in [-0.3, -0.25) is 4.68 Å². The van der Waals surface area contributed by atoms with E-state index >= 15 is 0 Å². The zero-order valence-corrected chi connectivity index (χ0v) is 11.6. The van der Waals surface area contributed by atoms with Gasteiger partial charge in [0.25, 0.3) is 0 Å². The van der Waals surface area contributed by atoms with E-state index in [1.165, 1.54) is 22.5 Å². The number of nitrogens with one attached hydrogen (secondary N) is 1. The molecule has 1 aromatic carbocycles. The first-order valence-corrected chi connectivity index (χ1v) is 6.39. The highest BCUT2D eigenvalue weighted by atomic mass is 15.3. The first kappa shape index (κ1) is 12.7. The Labute approximate surface area is 109 Å². The van der Waals surface area contributed by atoms with E-state index in [4.69, 9.17) is 0 Å². The molecule has 3 heteroatoms. The Kier molecular flexibility index (Phi) is 3.70. The molecular formula is C15H21N3. The van der Waals surface area contributed by atoms with Crippen molar-refractivity contribution in [2.24, 2.45) is 7.05 Å². The molecule has 0 unspecified atom stereocenters. The summed E-state index contributed by atoms with van der Waals surface area (Å²) >= 11 is 0. The van der Waals surface area contributed by atoms with E-state index in [1.54, 1.807) is 0 Å². The van der Waals surface area contributed by atoms with Gasteiger partial charge in [0.05, 0.1) is 6.20 Å². The van der Waals surface area contributed by atoms with Crippen molar-refractivity contribution in [3.63, 3.8) is 0 Å². The Morgan fingerprint density at radius 2 is 2.11 bits per heavy atom. The third-order valence-electron chi connectivity index (χ3n) is 3.37. The van der Waals surface area contributed by atoms with Crippen molar-refractivity contribution < 1.29 is 0 Å². The average molecular weight is 243 g/mol. The molecule has 0 aliphatic heterocycles. The van der Waals surface area contributed by atoms with Crippen LogP contribution in [0.15, 0.2) is 30.5 Å². The van der Waals surface area contributed by atoms with Crippen LogP contribution in [0.25, 0.3) is 0 Å². The van der Waals surface area contributed by atoms with E-state index in [9.17, 15) is 0 Å². The van der Waals surface area contributed by atoms with Crippen LogP contribution in [0.1, 0.15) is 36.6 Å². The molecule has 2 rings (SSSR count). The van der Waals surface area contributed by atoms with Gasteiger partial charge in [-0.15, -0.1) is 0 Å². The molecule has 0 fully saturated rings. The largest absolute Gasteiger partial charge is 0.381 e. The maximum absolute atomic E-state index is 4.25. The summed E-state index contributed by atoms with van der Waals surface area (Å²) in [6.07, 6.45) is 1.93. The third kappa shape index (κ3) is 2.73. The lowest BCUT2D eigenvalue weighted by Gasteiger charge is -2.10. The monoisotopic (exact) mass is 243 g/mol. The van der Waals surface area contributed by atoms with Crippen molar-refractivity contribution in [3.8, 4) is 0 Å². The Morgan fingerprint density at radius 1 is 1.33 bits per heavy atom.